The fourth-order valence-corrected chi connectivity index (χ4v) is 3.44. The summed E-state index contributed by atoms with van der Waals surface area (Å²) < 4.78 is 73.5. The first-order valence-corrected chi connectivity index (χ1v) is 10.2. The van der Waals surface area contributed by atoms with E-state index in [1.165, 1.54) is 18.2 Å². The topological polar surface area (TPSA) is 82.7 Å². The van der Waals surface area contributed by atoms with Crippen LogP contribution in [0, 0.1) is 40.6 Å². The normalized spacial score (nSPS) is 12.7. The number of aliphatic hydroxyl groups is 1. The molecule has 0 aliphatic carbocycles. The van der Waals surface area contributed by atoms with Crippen LogP contribution in [0.1, 0.15) is 33.5 Å². The fraction of sp³-hybridized carbons (Fsp3) is 0.0769. The van der Waals surface area contributed by atoms with Gasteiger partial charge < -0.3 is 5.11 Å². The van der Waals surface area contributed by atoms with Crippen molar-refractivity contribution in [3.8, 4) is 17.9 Å². The van der Waals surface area contributed by atoms with Crippen molar-refractivity contribution in [3.05, 3.63) is 124 Å². The van der Waals surface area contributed by atoms with Gasteiger partial charge in [0.1, 0.15) is 35.5 Å². The molecule has 0 spiro atoms. The average molecular weight is 492 g/mol. The van der Waals surface area contributed by atoms with Gasteiger partial charge in [0, 0.05) is 46.9 Å². The first-order valence-electron chi connectivity index (χ1n) is 10.2. The maximum Gasteiger partial charge on any atom is 0.326 e. The molecule has 0 aliphatic heterocycles. The van der Waals surface area contributed by atoms with E-state index in [-0.39, 0.29) is 16.7 Å². The molecule has 36 heavy (non-hydrogen) atoms. The minimum absolute atomic E-state index is 0.150. The van der Waals surface area contributed by atoms with Crippen molar-refractivity contribution < 1.29 is 27.1 Å². The number of halogens is 5. The van der Waals surface area contributed by atoms with Gasteiger partial charge in [-0.15, -0.1) is 0 Å². The zero-order chi connectivity index (χ0) is 25.9. The van der Waals surface area contributed by atoms with Crippen LogP contribution in [-0.2, 0) is 11.5 Å². The quantitative estimate of drug-likeness (QED) is 0.333. The number of hydrogen-bond acceptors (Lipinski definition) is 5. The zero-order valence-corrected chi connectivity index (χ0v) is 18.1. The van der Waals surface area contributed by atoms with Gasteiger partial charge in [0.05, 0.1) is 5.56 Å². The van der Waals surface area contributed by atoms with E-state index >= 15 is 8.78 Å². The van der Waals surface area contributed by atoms with Crippen LogP contribution >= 0.6 is 0 Å². The van der Waals surface area contributed by atoms with Crippen molar-refractivity contribution in [1.29, 1.82) is 5.26 Å². The molecule has 1 unspecified atom stereocenters. The summed E-state index contributed by atoms with van der Waals surface area (Å²) in [4.78, 5) is 11.0. The van der Waals surface area contributed by atoms with Gasteiger partial charge in [0.2, 0.25) is 0 Å². The largest absolute Gasteiger partial charge is 0.374 e. The lowest BCUT2D eigenvalue weighted by molar-refractivity contribution is -0.175. The van der Waals surface area contributed by atoms with E-state index < -0.39 is 45.8 Å². The van der Waals surface area contributed by atoms with E-state index in [9.17, 15) is 18.3 Å². The summed E-state index contributed by atoms with van der Waals surface area (Å²) in [7, 11) is 0. The van der Waals surface area contributed by atoms with Crippen LogP contribution in [0.25, 0.3) is 0 Å². The second kappa shape index (κ2) is 9.53. The standard InChI is InChI=1S/C26H13F5N4O/c27-20-6-7-21(23(29)10-20)25(36,19-13-33-15-34-14-19)26(30,31)24-8-4-17(12-35-24)2-1-16-3-5-18(11-32)22(28)9-16/h3-10,12-15,36H. The summed E-state index contributed by atoms with van der Waals surface area (Å²) in [5.74, 6) is -2.16. The van der Waals surface area contributed by atoms with Crippen molar-refractivity contribution in [3.63, 3.8) is 0 Å². The number of pyridine rings is 1. The van der Waals surface area contributed by atoms with Crippen molar-refractivity contribution in [2.45, 2.75) is 11.5 Å². The van der Waals surface area contributed by atoms with Gasteiger partial charge in [0.25, 0.3) is 0 Å². The Kier molecular flexibility index (Phi) is 6.47. The third-order valence-electron chi connectivity index (χ3n) is 5.28. The fourth-order valence-electron chi connectivity index (χ4n) is 3.44. The number of nitriles is 1. The Balaban J connectivity index is 1.74. The van der Waals surface area contributed by atoms with Crippen molar-refractivity contribution in [2.75, 3.05) is 0 Å². The Labute approximate surface area is 201 Å². The van der Waals surface area contributed by atoms with Crippen LogP contribution in [-0.4, -0.2) is 20.1 Å². The molecular weight excluding hydrogens is 479 g/mol. The van der Waals surface area contributed by atoms with E-state index in [2.05, 4.69) is 26.8 Å². The molecule has 0 saturated heterocycles. The smallest absolute Gasteiger partial charge is 0.326 e. The Bertz CT molecular complexity index is 1530. The number of alkyl halides is 2. The van der Waals surface area contributed by atoms with Crippen molar-refractivity contribution in [1.82, 2.24) is 15.0 Å². The lowest BCUT2D eigenvalue weighted by Gasteiger charge is -2.36. The van der Waals surface area contributed by atoms with E-state index in [0.29, 0.717) is 12.1 Å². The van der Waals surface area contributed by atoms with Gasteiger partial charge >= 0.3 is 5.92 Å². The lowest BCUT2D eigenvalue weighted by atomic mass is 9.80. The average Bonchev–Trinajstić information content (AvgIpc) is 2.88. The molecule has 0 amide bonds. The molecule has 1 N–H and O–H groups in total. The van der Waals surface area contributed by atoms with E-state index in [4.69, 9.17) is 5.26 Å². The Hall–Kier alpha value is -4.67. The first-order chi connectivity index (χ1) is 17.2. The maximum atomic E-state index is 15.8. The molecule has 1 atom stereocenters. The Morgan fingerprint density at radius 3 is 2.11 bits per heavy atom. The molecule has 0 saturated carbocycles. The summed E-state index contributed by atoms with van der Waals surface area (Å²) in [5, 5.41) is 20.1. The van der Waals surface area contributed by atoms with Crippen LogP contribution in [0.3, 0.4) is 0 Å². The van der Waals surface area contributed by atoms with E-state index in [0.717, 1.165) is 43.1 Å². The molecule has 0 radical (unpaired) electrons. The van der Waals surface area contributed by atoms with Crippen LogP contribution in [0.4, 0.5) is 22.0 Å². The van der Waals surface area contributed by atoms with Crippen LogP contribution in [0.15, 0.2) is 73.4 Å². The van der Waals surface area contributed by atoms with Gasteiger partial charge in [-0.3, -0.25) is 4.98 Å². The number of rotatable bonds is 4. The second-order valence-electron chi connectivity index (χ2n) is 7.52. The van der Waals surface area contributed by atoms with E-state index in [1.54, 1.807) is 6.07 Å². The second-order valence-corrected chi connectivity index (χ2v) is 7.52. The first kappa shape index (κ1) is 24.5. The Morgan fingerprint density at radius 2 is 1.50 bits per heavy atom. The van der Waals surface area contributed by atoms with Crippen LogP contribution in [0.5, 0.6) is 0 Å². The molecule has 2 aromatic carbocycles. The molecular formula is C26H13F5N4O. The molecule has 0 aliphatic rings. The number of benzene rings is 2. The zero-order valence-electron chi connectivity index (χ0n) is 18.1. The molecule has 5 nitrogen and oxygen atoms in total. The third-order valence-corrected chi connectivity index (χ3v) is 5.28. The summed E-state index contributed by atoms with van der Waals surface area (Å²) in [6.45, 7) is 0. The van der Waals surface area contributed by atoms with Gasteiger partial charge in [-0.2, -0.15) is 14.0 Å². The Morgan fingerprint density at radius 1 is 0.806 bits per heavy atom. The van der Waals surface area contributed by atoms with Gasteiger partial charge in [-0.1, -0.05) is 11.8 Å². The highest BCUT2D eigenvalue weighted by Crippen LogP contribution is 2.49. The summed E-state index contributed by atoms with van der Waals surface area (Å²) in [6, 6.07) is 9.31. The number of nitrogens with zero attached hydrogens (tertiary/aromatic N) is 4. The highest BCUT2D eigenvalue weighted by molar-refractivity contribution is 5.46. The van der Waals surface area contributed by atoms with Gasteiger partial charge in [-0.05, 0) is 42.5 Å². The molecule has 4 rings (SSSR count). The SMILES string of the molecule is N#Cc1ccc(C#Cc2ccc(C(F)(F)C(O)(c3cncnc3)c3ccc(F)cc3F)nc2)cc1F. The summed E-state index contributed by atoms with van der Waals surface area (Å²) >= 11 is 0. The minimum atomic E-state index is -4.24. The van der Waals surface area contributed by atoms with Gasteiger partial charge in [-0.25, -0.2) is 23.1 Å². The van der Waals surface area contributed by atoms with Crippen molar-refractivity contribution >= 4 is 0 Å². The number of hydrogen-bond donors (Lipinski definition) is 1. The van der Waals surface area contributed by atoms with Crippen LogP contribution in [0.2, 0.25) is 0 Å². The molecule has 0 bridgehead atoms. The molecule has 2 heterocycles. The molecule has 10 heteroatoms. The maximum absolute atomic E-state index is 15.8. The molecule has 2 aromatic heterocycles. The van der Waals surface area contributed by atoms with Crippen LogP contribution < -0.4 is 0 Å². The number of aromatic nitrogens is 3. The monoisotopic (exact) mass is 492 g/mol. The highest BCUT2D eigenvalue weighted by atomic mass is 19.3. The molecule has 0 fully saturated rings. The lowest BCUT2D eigenvalue weighted by Crippen LogP contribution is -2.45. The van der Waals surface area contributed by atoms with E-state index in [1.807, 2.05) is 0 Å². The minimum Gasteiger partial charge on any atom is -0.374 e. The molecule has 4 aromatic rings. The summed E-state index contributed by atoms with van der Waals surface area (Å²) in [5.41, 5.74) is -5.46. The van der Waals surface area contributed by atoms with Gasteiger partial charge in [0.15, 0.2) is 5.60 Å². The van der Waals surface area contributed by atoms with Crippen molar-refractivity contribution in [2.24, 2.45) is 0 Å². The highest BCUT2D eigenvalue weighted by Gasteiger charge is 2.58. The summed E-state index contributed by atoms with van der Waals surface area (Å²) in [6.07, 6.45) is 3.81. The predicted molar refractivity (Wildman–Crippen MR) is 117 cm³/mol. The third kappa shape index (κ3) is 4.38. The predicted octanol–water partition coefficient (Wildman–Crippen LogP) is 4.59. The molecule has 178 valence electrons.